The van der Waals surface area contributed by atoms with Gasteiger partial charge in [-0.25, -0.2) is 0 Å². The first-order valence-electron chi connectivity index (χ1n) is 5.67. The molecule has 0 amide bonds. The van der Waals surface area contributed by atoms with E-state index >= 15 is 0 Å². The minimum atomic E-state index is 0.510. The summed E-state index contributed by atoms with van der Waals surface area (Å²) in [6.45, 7) is 3.43. The molecule has 1 aromatic rings. The molecule has 1 aliphatic heterocycles. The molecule has 15 heavy (non-hydrogen) atoms. The molecule has 2 atom stereocenters. The van der Waals surface area contributed by atoms with Crippen LogP contribution in [0.2, 0.25) is 0 Å². The second kappa shape index (κ2) is 4.67. The molecule has 2 rings (SSSR count). The molecule has 0 bridgehead atoms. The first-order chi connectivity index (χ1) is 7.29. The number of methoxy groups -OCH3 is 1. The molecule has 0 spiro atoms. The Balaban J connectivity index is 2.08. The zero-order chi connectivity index (χ0) is 10.7. The van der Waals surface area contributed by atoms with E-state index in [9.17, 15) is 0 Å². The van der Waals surface area contributed by atoms with Crippen LogP contribution in [-0.2, 0) is 0 Å². The summed E-state index contributed by atoms with van der Waals surface area (Å²) >= 11 is 0. The SMILES string of the molecule is COc1cccc([C@H]2CC[C@H](C)CN2)c1. The van der Waals surface area contributed by atoms with Crippen LogP contribution in [0.5, 0.6) is 5.75 Å². The molecule has 1 aliphatic rings. The van der Waals surface area contributed by atoms with Crippen LogP contribution in [0.25, 0.3) is 0 Å². The van der Waals surface area contributed by atoms with Crippen molar-refractivity contribution in [2.24, 2.45) is 5.92 Å². The second-order valence-electron chi connectivity index (χ2n) is 4.42. The van der Waals surface area contributed by atoms with E-state index in [0.29, 0.717) is 6.04 Å². The van der Waals surface area contributed by atoms with Gasteiger partial charge in [0.2, 0.25) is 0 Å². The van der Waals surface area contributed by atoms with Crippen LogP contribution < -0.4 is 10.1 Å². The van der Waals surface area contributed by atoms with Gasteiger partial charge in [0.25, 0.3) is 0 Å². The summed E-state index contributed by atoms with van der Waals surface area (Å²) in [5.41, 5.74) is 1.35. The molecule has 1 N–H and O–H groups in total. The molecule has 1 fully saturated rings. The smallest absolute Gasteiger partial charge is 0.119 e. The highest BCUT2D eigenvalue weighted by Gasteiger charge is 2.18. The first kappa shape index (κ1) is 10.5. The van der Waals surface area contributed by atoms with Gasteiger partial charge >= 0.3 is 0 Å². The molecule has 0 saturated carbocycles. The van der Waals surface area contributed by atoms with Crippen molar-refractivity contribution >= 4 is 0 Å². The van der Waals surface area contributed by atoms with Crippen molar-refractivity contribution in [1.82, 2.24) is 5.32 Å². The number of nitrogens with one attached hydrogen (secondary N) is 1. The zero-order valence-corrected chi connectivity index (χ0v) is 9.49. The summed E-state index contributed by atoms with van der Waals surface area (Å²) in [6, 6.07) is 8.88. The lowest BCUT2D eigenvalue weighted by molar-refractivity contribution is 0.332. The van der Waals surface area contributed by atoms with Gasteiger partial charge in [0.1, 0.15) is 5.75 Å². The predicted octanol–water partition coefficient (Wildman–Crippen LogP) is 2.76. The number of rotatable bonds is 2. The summed E-state index contributed by atoms with van der Waals surface area (Å²) in [5, 5.41) is 3.58. The fourth-order valence-corrected chi connectivity index (χ4v) is 2.14. The normalized spacial score (nSPS) is 26.3. The quantitative estimate of drug-likeness (QED) is 0.801. The van der Waals surface area contributed by atoms with Crippen molar-refractivity contribution in [3.8, 4) is 5.75 Å². The first-order valence-corrected chi connectivity index (χ1v) is 5.67. The molecule has 0 radical (unpaired) electrons. The zero-order valence-electron chi connectivity index (χ0n) is 9.49. The Hall–Kier alpha value is -1.02. The van der Waals surface area contributed by atoms with Crippen LogP contribution in [0.4, 0.5) is 0 Å². The van der Waals surface area contributed by atoms with Crippen molar-refractivity contribution < 1.29 is 4.74 Å². The lowest BCUT2D eigenvalue weighted by Crippen LogP contribution is -2.31. The number of hydrogen-bond acceptors (Lipinski definition) is 2. The van der Waals surface area contributed by atoms with Gasteiger partial charge in [-0.15, -0.1) is 0 Å². The van der Waals surface area contributed by atoms with Crippen LogP contribution >= 0.6 is 0 Å². The van der Waals surface area contributed by atoms with Crippen LogP contribution in [-0.4, -0.2) is 13.7 Å². The number of hydrogen-bond donors (Lipinski definition) is 1. The molecule has 1 heterocycles. The van der Waals surface area contributed by atoms with Crippen molar-refractivity contribution in [1.29, 1.82) is 0 Å². The summed E-state index contributed by atoms with van der Waals surface area (Å²) in [5.74, 6) is 1.76. The Morgan fingerprint density at radius 2 is 2.20 bits per heavy atom. The van der Waals surface area contributed by atoms with Gasteiger partial charge in [-0.1, -0.05) is 19.1 Å². The van der Waals surface area contributed by atoms with E-state index in [-0.39, 0.29) is 0 Å². The van der Waals surface area contributed by atoms with E-state index in [0.717, 1.165) is 18.2 Å². The predicted molar refractivity (Wildman–Crippen MR) is 62.1 cm³/mol. The average molecular weight is 205 g/mol. The van der Waals surface area contributed by atoms with Crippen LogP contribution in [0.1, 0.15) is 31.4 Å². The van der Waals surface area contributed by atoms with Gasteiger partial charge in [0.05, 0.1) is 7.11 Å². The number of benzene rings is 1. The Labute approximate surface area is 91.6 Å². The van der Waals surface area contributed by atoms with Gasteiger partial charge in [0, 0.05) is 6.04 Å². The van der Waals surface area contributed by atoms with Crippen molar-refractivity contribution in [3.05, 3.63) is 29.8 Å². The molecule has 0 unspecified atom stereocenters. The minimum absolute atomic E-state index is 0.510. The third-order valence-electron chi connectivity index (χ3n) is 3.16. The second-order valence-corrected chi connectivity index (χ2v) is 4.42. The Kier molecular flexibility index (Phi) is 3.27. The van der Waals surface area contributed by atoms with Gasteiger partial charge in [-0.05, 0) is 43.0 Å². The Morgan fingerprint density at radius 1 is 1.33 bits per heavy atom. The maximum Gasteiger partial charge on any atom is 0.119 e. The van der Waals surface area contributed by atoms with Crippen LogP contribution in [0.3, 0.4) is 0 Å². The molecule has 0 aromatic heterocycles. The summed E-state index contributed by atoms with van der Waals surface area (Å²) in [4.78, 5) is 0. The maximum atomic E-state index is 5.24. The van der Waals surface area contributed by atoms with Gasteiger partial charge in [-0.3, -0.25) is 0 Å². The third-order valence-corrected chi connectivity index (χ3v) is 3.16. The molecule has 1 saturated heterocycles. The van der Waals surface area contributed by atoms with Crippen LogP contribution in [0.15, 0.2) is 24.3 Å². The number of piperidine rings is 1. The van der Waals surface area contributed by atoms with Gasteiger partial charge in [0.15, 0.2) is 0 Å². The molecule has 82 valence electrons. The summed E-state index contributed by atoms with van der Waals surface area (Å²) in [7, 11) is 1.72. The average Bonchev–Trinajstić information content (AvgIpc) is 2.30. The Bertz CT molecular complexity index is 316. The molecular weight excluding hydrogens is 186 g/mol. The maximum absolute atomic E-state index is 5.24. The van der Waals surface area contributed by atoms with E-state index in [4.69, 9.17) is 4.74 Å². The lowest BCUT2D eigenvalue weighted by Gasteiger charge is -2.28. The van der Waals surface area contributed by atoms with Crippen molar-refractivity contribution in [3.63, 3.8) is 0 Å². The minimum Gasteiger partial charge on any atom is -0.497 e. The van der Waals surface area contributed by atoms with E-state index in [1.807, 2.05) is 6.07 Å². The van der Waals surface area contributed by atoms with E-state index < -0.39 is 0 Å². The fourth-order valence-electron chi connectivity index (χ4n) is 2.14. The molecule has 1 aromatic carbocycles. The third kappa shape index (κ3) is 2.51. The molecule has 2 nitrogen and oxygen atoms in total. The highest BCUT2D eigenvalue weighted by molar-refractivity contribution is 5.30. The monoisotopic (exact) mass is 205 g/mol. The van der Waals surface area contributed by atoms with E-state index in [2.05, 4.69) is 30.4 Å². The highest BCUT2D eigenvalue weighted by Crippen LogP contribution is 2.27. The summed E-state index contributed by atoms with van der Waals surface area (Å²) < 4.78 is 5.24. The lowest BCUT2D eigenvalue weighted by atomic mass is 9.92. The van der Waals surface area contributed by atoms with Crippen molar-refractivity contribution in [2.75, 3.05) is 13.7 Å². The number of ether oxygens (including phenoxy) is 1. The standard InChI is InChI=1S/C13H19NO/c1-10-6-7-13(14-9-10)11-4-3-5-12(8-11)15-2/h3-5,8,10,13-14H,6-7,9H2,1-2H3/t10-,13+/m0/s1. The van der Waals surface area contributed by atoms with Crippen LogP contribution in [0, 0.1) is 5.92 Å². The molecule has 0 aliphatic carbocycles. The van der Waals surface area contributed by atoms with E-state index in [1.165, 1.54) is 18.4 Å². The molecule has 2 heteroatoms. The topological polar surface area (TPSA) is 21.3 Å². The molecular formula is C13H19NO. The van der Waals surface area contributed by atoms with Gasteiger partial charge in [-0.2, -0.15) is 0 Å². The van der Waals surface area contributed by atoms with E-state index in [1.54, 1.807) is 7.11 Å². The van der Waals surface area contributed by atoms with Gasteiger partial charge < -0.3 is 10.1 Å². The largest absolute Gasteiger partial charge is 0.497 e. The van der Waals surface area contributed by atoms with Crippen molar-refractivity contribution in [2.45, 2.75) is 25.8 Å². The Morgan fingerprint density at radius 3 is 2.87 bits per heavy atom. The summed E-state index contributed by atoms with van der Waals surface area (Å²) in [6.07, 6.45) is 2.54. The highest BCUT2D eigenvalue weighted by atomic mass is 16.5. The fraction of sp³-hybridized carbons (Fsp3) is 0.538.